The van der Waals surface area contributed by atoms with E-state index in [0.717, 1.165) is 25.7 Å². The number of hydrogen-bond donors (Lipinski definition) is 1. The Balaban J connectivity index is 1.68. The van der Waals surface area contributed by atoms with Gasteiger partial charge in [0, 0.05) is 25.6 Å². The molecule has 0 aromatic rings. The molecule has 3 aliphatic rings. The molecule has 1 saturated heterocycles. The van der Waals surface area contributed by atoms with Crippen LogP contribution in [0.15, 0.2) is 0 Å². The highest BCUT2D eigenvalue weighted by Gasteiger charge is 2.46. The van der Waals surface area contributed by atoms with Crippen molar-refractivity contribution in [3.05, 3.63) is 0 Å². The lowest BCUT2D eigenvalue weighted by atomic mass is 9.75. The molecule has 0 radical (unpaired) electrons. The van der Waals surface area contributed by atoms with Gasteiger partial charge in [0.25, 0.3) is 0 Å². The fourth-order valence-corrected chi connectivity index (χ4v) is 5.90. The summed E-state index contributed by atoms with van der Waals surface area (Å²) in [5.74, 6) is -1.47. The summed E-state index contributed by atoms with van der Waals surface area (Å²) >= 11 is 0. The third-order valence-corrected chi connectivity index (χ3v) is 7.89. The monoisotopic (exact) mass is 522 g/mol. The SMILES string of the molecule is CCOC(=O)C1CCC(NC(=O)C2(CC(CC(=O)N3CCOCC3)C(=O)OC(C)(C)C)CCCC2)CC1. The molecule has 1 heterocycles. The Hall–Kier alpha value is -2.16. The summed E-state index contributed by atoms with van der Waals surface area (Å²) in [6, 6.07) is 0.00519. The van der Waals surface area contributed by atoms with E-state index in [1.807, 2.05) is 27.7 Å². The van der Waals surface area contributed by atoms with Gasteiger partial charge in [0.1, 0.15) is 5.60 Å². The number of rotatable bonds is 9. The summed E-state index contributed by atoms with van der Waals surface area (Å²) in [6.45, 7) is 9.65. The molecule has 0 aromatic carbocycles. The van der Waals surface area contributed by atoms with Gasteiger partial charge in [-0.1, -0.05) is 12.8 Å². The Kier molecular flexibility index (Phi) is 10.4. The molecule has 3 fully saturated rings. The largest absolute Gasteiger partial charge is 0.466 e. The van der Waals surface area contributed by atoms with Gasteiger partial charge in [0.2, 0.25) is 11.8 Å². The van der Waals surface area contributed by atoms with Crippen molar-refractivity contribution in [2.45, 2.75) is 104 Å². The summed E-state index contributed by atoms with van der Waals surface area (Å²) < 4.78 is 16.2. The van der Waals surface area contributed by atoms with E-state index >= 15 is 0 Å². The van der Waals surface area contributed by atoms with E-state index in [1.54, 1.807) is 4.90 Å². The first kappa shape index (κ1) is 29.4. The van der Waals surface area contributed by atoms with E-state index in [2.05, 4.69) is 5.32 Å². The number of carbonyl (C=O) groups is 4. The number of hydrogen-bond acceptors (Lipinski definition) is 7. The van der Waals surface area contributed by atoms with Crippen molar-refractivity contribution >= 4 is 23.8 Å². The second-order valence-corrected chi connectivity index (χ2v) is 11.9. The second kappa shape index (κ2) is 13.1. The van der Waals surface area contributed by atoms with E-state index in [0.29, 0.717) is 65.0 Å². The second-order valence-electron chi connectivity index (χ2n) is 11.9. The lowest BCUT2D eigenvalue weighted by Crippen LogP contribution is -2.48. The van der Waals surface area contributed by atoms with Gasteiger partial charge in [0.05, 0.1) is 37.1 Å². The number of carbonyl (C=O) groups excluding carboxylic acids is 4. The summed E-state index contributed by atoms with van der Waals surface area (Å²) in [5.41, 5.74) is -1.37. The summed E-state index contributed by atoms with van der Waals surface area (Å²) in [5, 5.41) is 3.25. The van der Waals surface area contributed by atoms with Crippen molar-refractivity contribution in [3.63, 3.8) is 0 Å². The van der Waals surface area contributed by atoms with Crippen molar-refractivity contribution in [3.8, 4) is 0 Å². The third-order valence-electron chi connectivity index (χ3n) is 7.89. The molecule has 1 N–H and O–H groups in total. The van der Waals surface area contributed by atoms with Crippen LogP contribution in [-0.2, 0) is 33.4 Å². The highest BCUT2D eigenvalue weighted by molar-refractivity contribution is 5.86. The molecule has 0 spiro atoms. The number of esters is 2. The van der Waals surface area contributed by atoms with E-state index in [1.165, 1.54) is 0 Å². The van der Waals surface area contributed by atoms with Crippen LogP contribution in [0.25, 0.3) is 0 Å². The molecule has 1 atom stereocenters. The molecular formula is C28H46N2O7. The molecule has 37 heavy (non-hydrogen) atoms. The summed E-state index contributed by atoms with van der Waals surface area (Å²) in [7, 11) is 0. The van der Waals surface area contributed by atoms with Crippen LogP contribution in [0, 0.1) is 17.3 Å². The highest BCUT2D eigenvalue weighted by atomic mass is 16.6. The Bertz CT molecular complexity index is 802. The summed E-state index contributed by atoms with van der Waals surface area (Å²) in [6.07, 6.45) is 6.44. The fourth-order valence-electron chi connectivity index (χ4n) is 5.90. The molecule has 210 valence electrons. The Morgan fingerprint density at radius 3 is 2.22 bits per heavy atom. The Morgan fingerprint density at radius 1 is 1.03 bits per heavy atom. The van der Waals surface area contributed by atoms with Gasteiger partial charge >= 0.3 is 11.9 Å². The zero-order valence-electron chi connectivity index (χ0n) is 23.1. The molecule has 1 unspecified atom stereocenters. The van der Waals surface area contributed by atoms with Crippen LogP contribution in [0.5, 0.6) is 0 Å². The lowest BCUT2D eigenvalue weighted by molar-refractivity contribution is -0.164. The Morgan fingerprint density at radius 2 is 1.65 bits per heavy atom. The molecular weight excluding hydrogens is 476 g/mol. The van der Waals surface area contributed by atoms with Gasteiger partial charge in [-0.25, -0.2) is 0 Å². The smallest absolute Gasteiger partial charge is 0.310 e. The topological polar surface area (TPSA) is 111 Å². The molecule has 9 heteroatoms. The van der Waals surface area contributed by atoms with Crippen LogP contribution in [0.4, 0.5) is 0 Å². The molecule has 3 rings (SSSR count). The first-order chi connectivity index (χ1) is 17.5. The first-order valence-corrected chi connectivity index (χ1v) is 14.1. The van der Waals surface area contributed by atoms with Crippen molar-refractivity contribution in [1.82, 2.24) is 10.2 Å². The maximum absolute atomic E-state index is 13.7. The maximum Gasteiger partial charge on any atom is 0.310 e. The number of nitrogens with one attached hydrogen (secondary N) is 1. The Labute approximate surface area is 221 Å². The van der Waals surface area contributed by atoms with E-state index in [-0.39, 0.29) is 36.2 Å². The highest BCUT2D eigenvalue weighted by Crippen LogP contribution is 2.45. The zero-order chi connectivity index (χ0) is 27.1. The van der Waals surface area contributed by atoms with Gasteiger partial charge in [0.15, 0.2) is 0 Å². The maximum atomic E-state index is 13.7. The van der Waals surface area contributed by atoms with Gasteiger partial charge < -0.3 is 24.4 Å². The van der Waals surface area contributed by atoms with Crippen molar-refractivity contribution < 1.29 is 33.4 Å². The number of morpholine rings is 1. The number of amides is 2. The van der Waals surface area contributed by atoms with Crippen LogP contribution in [-0.4, -0.2) is 73.2 Å². The van der Waals surface area contributed by atoms with E-state index < -0.39 is 22.9 Å². The quantitative estimate of drug-likeness (QED) is 0.462. The minimum absolute atomic E-state index is 0.00519. The molecule has 0 aromatic heterocycles. The van der Waals surface area contributed by atoms with Gasteiger partial charge in [-0.3, -0.25) is 19.2 Å². The van der Waals surface area contributed by atoms with Gasteiger partial charge in [-0.15, -0.1) is 0 Å². The number of nitrogens with zero attached hydrogens (tertiary/aromatic N) is 1. The molecule has 2 saturated carbocycles. The van der Waals surface area contributed by atoms with Crippen LogP contribution in [0.1, 0.15) is 91.9 Å². The van der Waals surface area contributed by atoms with E-state index in [4.69, 9.17) is 14.2 Å². The van der Waals surface area contributed by atoms with Crippen molar-refractivity contribution in [2.75, 3.05) is 32.9 Å². The molecule has 2 aliphatic carbocycles. The minimum Gasteiger partial charge on any atom is -0.466 e. The lowest BCUT2D eigenvalue weighted by Gasteiger charge is -2.36. The molecule has 0 bridgehead atoms. The average molecular weight is 523 g/mol. The zero-order valence-corrected chi connectivity index (χ0v) is 23.1. The van der Waals surface area contributed by atoms with Gasteiger partial charge in [-0.05, 0) is 72.6 Å². The van der Waals surface area contributed by atoms with Crippen LogP contribution in [0.2, 0.25) is 0 Å². The number of ether oxygens (including phenoxy) is 3. The fraction of sp³-hybridized carbons (Fsp3) is 0.857. The van der Waals surface area contributed by atoms with Crippen molar-refractivity contribution in [1.29, 1.82) is 0 Å². The van der Waals surface area contributed by atoms with Crippen LogP contribution >= 0.6 is 0 Å². The van der Waals surface area contributed by atoms with Gasteiger partial charge in [-0.2, -0.15) is 0 Å². The predicted molar refractivity (Wildman–Crippen MR) is 137 cm³/mol. The third kappa shape index (κ3) is 8.42. The normalized spacial score (nSPS) is 24.7. The van der Waals surface area contributed by atoms with E-state index in [9.17, 15) is 19.2 Å². The van der Waals surface area contributed by atoms with Crippen molar-refractivity contribution in [2.24, 2.45) is 17.3 Å². The molecule has 9 nitrogen and oxygen atoms in total. The molecule has 1 aliphatic heterocycles. The predicted octanol–water partition coefficient (Wildman–Crippen LogP) is 3.38. The summed E-state index contributed by atoms with van der Waals surface area (Å²) in [4.78, 5) is 53.9. The first-order valence-electron chi connectivity index (χ1n) is 14.1. The molecule has 2 amide bonds. The van der Waals surface area contributed by atoms with Crippen LogP contribution < -0.4 is 5.32 Å². The minimum atomic E-state index is -0.690. The van der Waals surface area contributed by atoms with Crippen LogP contribution in [0.3, 0.4) is 0 Å². The standard InChI is InChI=1S/C28H46N2O7/c1-5-36-24(32)20-8-10-22(11-9-20)29-26(34)28(12-6-7-13-28)19-21(25(33)37-27(2,3)4)18-23(31)30-14-16-35-17-15-30/h20-22H,5-19H2,1-4H3,(H,29,34). The average Bonchev–Trinajstić information content (AvgIpc) is 3.33.